The van der Waals surface area contributed by atoms with Crippen LogP contribution in [0, 0.1) is 11.2 Å². The van der Waals surface area contributed by atoms with Gasteiger partial charge in [-0.25, -0.2) is 4.39 Å². The number of benzene rings is 1. The van der Waals surface area contributed by atoms with Gasteiger partial charge in [0, 0.05) is 0 Å². The third-order valence-corrected chi connectivity index (χ3v) is 2.78. The predicted octanol–water partition coefficient (Wildman–Crippen LogP) is 2.87. The standard InChI is InChI=1S/C12H15FO2/c1-3-12(2,11(14)15)8-9-5-4-6-10(13)7-9/h4-7H,3,8H2,1-2H3,(H,14,15). The van der Waals surface area contributed by atoms with Crippen LogP contribution in [0.5, 0.6) is 0 Å². The maximum absolute atomic E-state index is 12.9. The van der Waals surface area contributed by atoms with Gasteiger partial charge in [-0.3, -0.25) is 4.79 Å². The molecule has 1 rings (SSSR count). The van der Waals surface area contributed by atoms with Gasteiger partial charge in [0.25, 0.3) is 0 Å². The topological polar surface area (TPSA) is 37.3 Å². The van der Waals surface area contributed by atoms with Crippen LogP contribution in [0.25, 0.3) is 0 Å². The van der Waals surface area contributed by atoms with Crippen molar-refractivity contribution in [2.45, 2.75) is 26.7 Å². The molecule has 1 aromatic rings. The van der Waals surface area contributed by atoms with Gasteiger partial charge in [-0.2, -0.15) is 0 Å². The zero-order chi connectivity index (χ0) is 11.5. The van der Waals surface area contributed by atoms with Crippen molar-refractivity contribution in [3.63, 3.8) is 0 Å². The highest BCUT2D eigenvalue weighted by Crippen LogP contribution is 2.26. The largest absolute Gasteiger partial charge is 0.481 e. The first-order chi connectivity index (χ1) is 6.98. The molecular weight excluding hydrogens is 195 g/mol. The highest BCUT2D eigenvalue weighted by molar-refractivity contribution is 5.74. The number of halogens is 1. The molecule has 15 heavy (non-hydrogen) atoms. The molecular formula is C12H15FO2. The van der Waals surface area contributed by atoms with Crippen LogP contribution < -0.4 is 0 Å². The van der Waals surface area contributed by atoms with E-state index in [0.29, 0.717) is 12.8 Å². The van der Waals surface area contributed by atoms with Gasteiger partial charge in [-0.05, 0) is 37.5 Å². The fraction of sp³-hybridized carbons (Fsp3) is 0.417. The van der Waals surface area contributed by atoms with Crippen LogP contribution in [0.15, 0.2) is 24.3 Å². The molecule has 1 atom stereocenters. The van der Waals surface area contributed by atoms with E-state index in [1.54, 1.807) is 19.1 Å². The average Bonchev–Trinajstić information content (AvgIpc) is 2.17. The number of aliphatic carboxylic acids is 1. The second-order valence-electron chi connectivity index (χ2n) is 4.03. The summed E-state index contributed by atoms with van der Waals surface area (Å²) >= 11 is 0. The van der Waals surface area contributed by atoms with Crippen LogP contribution in [0.4, 0.5) is 4.39 Å². The molecule has 0 heterocycles. The molecule has 0 aliphatic carbocycles. The number of carboxylic acids is 1. The number of hydrogen-bond acceptors (Lipinski definition) is 1. The van der Waals surface area contributed by atoms with Crippen molar-refractivity contribution in [2.24, 2.45) is 5.41 Å². The summed E-state index contributed by atoms with van der Waals surface area (Å²) in [6.07, 6.45) is 0.884. The number of carboxylic acid groups (broad SMARTS) is 1. The second-order valence-corrected chi connectivity index (χ2v) is 4.03. The molecule has 0 saturated heterocycles. The summed E-state index contributed by atoms with van der Waals surface area (Å²) in [4.78, 5) is 11.0. The molecule has 82 valence electrons. The first-order valence-electron chi connectivity index (χ1n) is 4.96. The molecule has 1 unspecified atom stereocenters. The smallest absolute Gasteiger partial charge is 0.309 e. The van der Waals surface area contributed by atoms with Gasteiger partial charge in [0.15, 0.2) is 0 Å². The van der Waals surface area contributed by atoms with E-state index in [9.17, 15) is 9.18 Å². The maximum atomic E-state index is 12.9. The fourth-order valence-electron chi connectivity index (χ4n) is 1.45. The lowest BCUT2D eigenvalue weighted by Gasteiger charge is -2.22. The monoisotopic (exact) mass is 210 g/mol. The molecule has 0 aliphatic rings. The van der Waals surface area contributed by atoms with E-state index in [1.807, 2.05) is 6.92 Å². The third kappa shape index (κ3) is 2.78. The van der Waals surface area contributed by atoms with E-state index in [-0.39, 0.29) is 5.82 Å². The van der Waals surface area contributed by atoms with Gasteiger partial charge in [0.05, 0.1) is 5.41 Å². The average molecular weight is 210 g/mol. The highest BCUT2D eigenvalue weighted by atomic mass is 19.1. The van der Waals surface area contributed by atoms with Gasteiger partial charge in [-0.15, -0.1) is 0 Å². The Balaban J connectivity index is 2.89. The van der Waals surface area contributed by atoms with Crippen LogP contribution in [0.1, 0.15) is 25.8 Å². The summed E-state index contributed by atoms with van der Waals surface area (Å²) in [5.41, 5.74) is -0.0879. The van der Waals surface area contributed by atoms with E-state index < -0.39 is 11.4 Å². The molecule has 0 aliphatic heterocycles. The number of hydrogen-bond donors (Lipinski definition) is 1. The Morgan fingerprint density at radius 2 is 2.20 bits per heavy atom. The molecule has 0 amide bonds. The lowest BCUT2D eigenvalue weighted by Crippen LogP contribution is -2.29. The van der Waals surface area contributed by atoms with E-state index in [4.69, 9.17) is 5.11 Å². The molecule has 0 fully saturated rings. The van der Waals surface area contributed by atoms with Crippen LogP contribution in [-0.4, -0.2) is 11.1 Å². The summed E-state index contributed by atoms with van der Waals surface area (Å²) in [5, 5.41) is 9.07. The second kappa shape index (κ2) is 4.43. The summed E-state index contributed by atoms with van der Waals surface area (Å²) in [7, 11) is 0. The molecule has 0 radical (unpaired) electrons. The zero-order valence-electron chi connectivity index (χ0n) is 8.96. The fourth-order valence-corrected chi connectivity index (χ4v) is 1.45. The Hall–Kier alpha value is -1.38. The molecule has 2 nitrogen and oxygen atoms in total. The maximum Gasteiger partial charge on any atom is 0.309 e. The molecule has 3 heteroatoms. The first-order valence-corrected chi connectivity index (χ1v) is 4.96. The summed E-state index contributed by atoms with van der Waals surface area (Å²) < 4.78 is 12.9. The molecule has 0 aromatic heterocycles. The Bertz CT molecular complexity index is 362. The lowest BCUT2D eigenvalue weighted by atomic mass is 9.81. The van der Waals surface area contributed by atoms with Gasteiger partial charge in [0.2, 0.25) is 0 Å². The van der Waals surface area contributed by atoms with Crippen molar-refractivity contribution >= 4 is 5.97 Å². The summed E-state index contributed by atoms with van der Waals surface area (Å²) in [6.45, 7) is 3.51. The Labute approximate surface area is 88.7 Å². The van der Waals surface area contributed by atoms with E-state index in [1.165, 1.54) is 12.1 Å². The van der Waals surface area contributed by atoms with Gasteiger partial charge in [0.1, 0.15) is 5.82 Å². The van der Waals surface area contributed by atoms with Gasteiger partial charge < -0.3 is 5.11 Å². The number of carbonyl (C=O) groups is 1. The van der Waals surface area contributed by atoms with Crippen molar-refractivity contribution in [2.75, 3.05) is 0 Å². The molecule has 0 saturated carbocycles. The number of rotatable bonds is 4. The van der Waals surface area contributed by atoms with E-state index in [0.717, 1.165) is 5.56 Å². The Morgan fingerprint density at radius 3 is 2.67 bits per heavy atom. The summed E-state index contributed by atoms with van der Waals surface area (Å²) in [5.74, 6) is -1.16. The van der Waals surface area contributed by atoms with Crippen molar-refractivity contribution in [1.29, 1.82) is 0 Å². The minimum absolute atomic E-state index is 0.323. The summed E-state index contributed by atoms with van der Waals surface area (Å²) in [6, 6.07) is 6.09. The Kier molecular flexibility index (Phi) is 3.45. The van der Waals surface area contributed by atoms with Gasteiger partial charge >= 0.3 is 5.97 Å². The van der Waals surface area contributed by atoms with Crippen molar-refractivity contribution in [3.8, 4) is 0 Å². The van der Waals surface area contributed by atoms with Crippen LogP contribution in [0.3, 0.4) is 0 Å². The highest BCUT2D eigenvalue weighted by Gasteiger charge is 2.31. The molecule has 0 spiro atoms. The molecule has 1 N–H and O–H groups in total. The minimum Gasteiger partial charge on any atom is -0.481 e. The van der Waals surface area contributed by atoms with Crippen LogP contribution >= 0.6 is 0 Å². The van der Waals surface area contributed by atoms with E-state index >= 15 is 0 Å². The SMILES string of the molecule is CCC(C)(Cc1cccc(F)c1)C(=O)O. The minimum atomic E-state index is -0.839. The first kappa shape index (κ1) is 11.7. The quantitative estimate of drug-likeness (QED) is 0.829. The van der Waals surface area contributed by atoms with Crippen molar-refractivity contribution in [1.82, 2.24) is 0 Å². The van der Waals surface area contributed by atoms with Gasteiger partial charge in [-0.1, -0.05) is 19.1 Å². The van der Waals surface area contributed by atoms with Crippen molar-refractivity contribution < 1.29 is 14.3 Å². The normalized spacial score (nSPS) is 14.6. The van der Waals surface area contributed by atoms with E-state index in [2.05, 4.69) is 0 Å². The molecule has 0 bridgehead atoms. The lowest BCUT2D eigenvalue weighted by molar-refractivity contribution is -0.148. The van der Waals surface area contributed by atoms with Crippen molar-refractivity contribution in [3.05, 3.63) is 35.6 Å². The predicted molar refractivity (Wildman–Crippen MR) is 56.1 cm³/mol. The third-order valence-electron chi connectivity index (χ3n) is 2.78. The Morgan fingerprint density at radius 1 is 1.53 bits per heavy atom. The van der Waals surface area contributed by atoms with Crippen LogP contribution in [-0.2, 0) is 11.2 Å². The molecule has 1 aromatic carbocycles. The van der Waals surface area contributed by atoms with Crippen LogP contribution in [0.2, 0.25) is 0 Å². The zero-order valence-corrected chi connectivity index (χ0v) is 8.96.